The van der Waals surface area contributed by atoms with E-state index in [1.165, 1.54) is 18.4 Å². The lowest BCUT2D eigenvalue weighted by atomic mass is 10.1. The lowest BCUT2D eigenvalue weighted by molar-refractivity contribution is 0.414. The van der Waals surface area contributed by atoms with Crippen LogP contribution in [0.25, 0.3) is 0 Å². The molecule has 140 valence electrons. The summed E-state index contributed by atoms with van der Waals surface area (Å²) in [5.41, 5.74) is 1.28. The maximum absolute atomic E-state index is 5.21. The molecule has 1 aliphatic heterocycles. The molecular formula is C19H28N6O. The molecule has 26 heavy (non-hydrogen) atoms. The van der Waals surface area contributed by atoms with Gasteiger partial charge in [-0.15, -0.1) is 10.2 Å². The zero-order chi connectivity index (χ0) is 18.4. The Morgan fingerprint density at radius 2 is 1.92 bits per heavy atom. The number of nitrogens with one attached hydrogen (secondary N) is 1. The van der Waals surface area contributed by atoms with E-state index in [2.05, 4.69) is 32.5 Å². The number of aryl methyl sites for hydroxylation is 1. The fraction of sp³-hybridized carbons (Fsp3) is 0.526. The Bertz CT molecular complexity index is 731. The molecule has 2 aromatic rings. The Morgan fingerprint density at radius 3 is 2.54 bits per heavy atom. The molecule has 0 unspecified atom stereocenters. The van der Waals surface area contributed by atoms with E-state index in [0.717, 1.165) is 49.4 Å². The highest BCUT2D eigenvalue weighted by atomic mass is 16.5. The van der Waals surface area contributed by atoms with Gasteiger partial charge in [-0.3, -0.25) is 0 Å². The number of benzene rings is 1. The molecule has 7 heteroatoms. The summed E-state index contributed by atoms with van der Waals surface area (Å²) in [7, 11) is 3.67. The van der Waals surface area contributed by atoms with Crippen LogP contribution in [0.1, 0.15) is 30.1 Å². The van der Waals surface area contributed by atoms with Gasteiger partial charge in [0.05, 0.1) is 7.11 Å². The zero-order valence-corrected chi connectivity index (χ0v) is 15.9. The molecule has 1 N–H and O–H groups in total. The number of likely N-dealkylation sites (tertiary alicyclic amines) is 1. The molecule has 0 aliphatic carbocycles. The van der Waals surface area contributed by atoms with E-state index in [-0.39, 0.29) is 0 Å². The van der Waals surface area contributed by atoms with Crippen LogP contribution in [0.4, 0.5) is 0 Å². The molecule has 3 rings (SSSR count). The second-order valence-corrected chi connectivity index (χ2v) is 6.58. The van der Waals surface area contributed by atoms with Gasteiger partial charge in [-0.2, -0.15) is 0 Å². The van der Waals surface area contributed by atoms with E-state index < -0.39 is 0 Å². The Hall–Kier alpha value is -2.57. The van der Waals surface area contributed by atoms with Gasteiger partial charge in [0.15, 0.2) is 11.8 Å². The number of ether oxygens (including phenoxy) is 1. The molecule has 0 spiro atoms. The third-order valence-corrected chi connectivity index (χ3v) is 4.81. The standard InChI is InChI=1S/C19H28N6O/c1-15-22-23-18(24(15)2)14-21-19(25-12-4-5-13-25)20-11-10-16-6-8-17(26-3)9-7-16/h6-9H,4-5,10-14H2,1-3H3,(H,20,21). The van der Waals surface area contributed by atoms with Crippen molar-refractivity contribution in [1.29, 1.82) is 0 Å². The Balaban J connectivity index is 1.60. The minimum atomic E-state index is 0.540. The van der Waals surface area contributed by atoms with Crippen molar-refractivity contribution in [2.24, 2.45) is 12.0 Å². The fourth-order valence-electron chi connectivity index (χ4n) is 3.04. The maximum Gasteiger partial charge on any atom is 0.194 e. The Morgan fingerprint density at radius 1 is 1.19 bits per heavy atom. The molecule has 0 saturated carbocycles. The van der Waals surface area contributed by atoms with Crippen LogP contribution in [-0.2, 0) is 20.0 Å². The molecule has 2 heterocycles. The van der Waals surface area contributed by atoms with Crippen molar-refractivity contribution in [3.8, 4) is 5.75 Å². The Labute approximate surface area is 155 Å². The minimum Gasteiger partial charge on any atom is -0.497 e. The van der Waals surface area contributed by atoms with E-state index in [0.29, 0.717) is 6.54 Å². The third kappa shape index (κ3) is 4.53. The summed E-state index contributed by atoms with van der Waals surface area (Å²) < 4.78 is 7.20. The van der Waals surface area contributed by atoms with Gasteiger partial charge < -0.3 is 19.5 Å². The largest absolute Gasteiger partial charge is 0.497 e. The molecule has 0 amide bonds. The second kappa shape index (κ2) is 8.69. The Kier molecular flexibility index (Phi) is 6.09. The number of nitrogens with zero attached hydrogens (tertiary/aromatic N) is 5. The maximum atomic E-state index is 5.21. The molecule has 7 nitrogen and oxygen atoms in total. The fourth-order valence-corrected chi connectivity index (χ4v) is 3.04. The molecule has 1 aromatic heterocycles. The number of hydrogen-bond donors (Lipinski definition) is 1. The number of guanidine groups is 1. The molecule has 1 aromatic carbocycles. The molecular weight excluding hydrogens is 328 g/mol. The predicted molar refractivity (Wildman–Crippen MR) is 102 cm³/mol. The van der Waals surface area contributed by atoms with Crippen LogP contribution in [0.5, 0.6) is 5.75 Å². The van der Waals surface area contributed by atoms with Crippen LogP contribution < -0.4 is 10.1 Å². The number of aromatic nitrogens is 3. The highest BCUT2D eigenvalue weighted by Gasteiger charge is 2.16. The van der Waals surface area contributed by atoms with Crippen molar-refractivity contribution in [3.05, 3.63) is 41.5 Å². The third-order valence-electron chi connectivity index (χ3n) is 4.81. The van der Waals surface area contributed by atoms with Crippen LogP contribution in [-0.4, -0.2) is 52.4 Å². The van der Waals surface area contributed by atoms with Crippen molar-refractivity contribution in [2.75, 3.05) is 26.7 Å². The lowest BCUT2D eigenvalue weighted by Crippen LogP contribution is -2.40. The van der Waals surface area contributed by atoms with Gasteiger partial charge in [0.25, 0.3) is 0 Å². The highest BCUT2D eigenvalue weighted by molar-refractivity contribution is 5.80. The van der Waals surface area contributed by atoms with Gasteiger partial charge >= 0.3 is 0 Å². The topological polar surface area (TPSA) is 67.6 Å². The summed E-state index contributed by atoms with van der Waals surface area (Å²) in [6, 6.07) is 8.22. The summed E-state index contributed by atoms with van der Waals surface area (Å²) in [4.78, 5) is 7.13. The summed E-state index contributed by atoms with van der Waals surface area (Å²) in [5.74, 6) is 3.65. The molecule has 1 aliphatic rings. The normalized spacial score (nSPS) is 14.7. The summed E-state index contributed by atoms with van der Waals surface area (Å²) >= 11 is 0. The van der Waals surface area contributed by atoms with Crippen LogP contribution in [0.3, 0.4) is 0 Å². The number of hydrogen-bond acceptors (Lipinski definition) is 4. The van der Waals surface area contributed by atoms with Crippen LogP contribution >= 0.6 is 0 Å². The van der Waals surface area contributed by atoms with Gasteiger partial charge in [0.2, 0.25) is 0 Å². The SMILES string of the molecule is COc1ccc(CCNC(=NCc2nnc(C)n2C)N2CCCC2)cc1. The van der Waals surface area contributed by atoms with Gasteiger partial charge in [-0.25, -0.2) is 4.99 Å². The van der Waals surface area contributed by atoms with Gasteiger partial charge in [-0.05, 0) is 43.9 Å². The van der Waals surface area contributed by atoms with E-state index in [9.17, 15) is 0 Å². The zero-order valence-electron chi connectivity index (χ0n) is 15.9. The second-order valence-electron chi connectivity index (χ2n) is 6.58. The summed E-state index contributed by atoms with van der Waals surface area (Å²) in [6.45, 7) is 5.46. The van der Waals surface area contributed by atoms with Gasteiger partial charge in [0, 0.05) is 26.7 Å². The van der Waals surface area contributed by atoms with E-state index in [4.69, 9.17) is 9.73 Å². The monoisotopic (exact) mass is 356 g/mol. The quantitative estimate of drug-likeness (QED) is 0.633. The van der Waals surface area contributed by atoms with Crippen molar-refractivity contribution in [3.63, 3.8) is 0 Å². The molecule has 0 atom stereocenters. The van der Waals surface area contributed by atoms with E-state index >= 15 is 0 Å². The van der Waals surface area contributed by atoms with Crippen LogP contribution in [0.15, 0.2) is 29.3 Å². The molecule has 0 radical (unpaired) electrons. The van der Waals surface area contributed by atoms with Crippen LogP contribution in [0, 0.1) is 6.92 Å². The minimum absolute atomic E-state index is 0.540. The average molecular weight is 356 g/mol. The van der Waals surface area contributed by atoms with Gasteiger partial charge in [-0.1, -0.05) is 12.1 Å². The van der Waals surface area contributed by atoms with E-state index in [1.54, 1.807) is 7.11 Å². The number of rotatable bonds is 6. The number of aliphatic imine (C=N–C) groups is 1. The van der Waals surface area contributed by atoms with Crippen LogP contribution in [0.2, 0.25) is 0 Å². The van der Waals surface area contributed by atoms with Crippen molar-refractivity contribution in [1.82, 2.24) is 25.0 Å². The first kappa shape index (κ1) is 18.2. The van der Waals surface area contributed by atoms with Gasteiger partial charge in [0.1, 0.15) is 18.1 Å². The first-order chi connectivity index (χ1) is 12.7. The smallest absolute Gasteiger partial charge is 0.194 e. The van der Waals surface area contributed by atoms with Crippen molar-refractivity contribution in [2.45, 2.75) is 32.7 Å². The first-order valence-corrected chi connectivity index (χ1v) is 9.18. The first-order valence-electron chi connectivity index (χ1n) is 9.18. The molecule has 1 saturated heterocycles. The van der Waals surface area contributed by atoms with Crippen molar-refractivity contribution < 1.29 is 4.74 Å². The lowest BCUT2D eigenvalue weighted by Gasteiger charge is -2.21. The predicted octanol–water partition coefficient (Wildman–Crippen LogP) is 1.92. The highest BCUT2D eigenvalue weighted by Crippen LogP contribution is 2.12. The summed E-state index contributed by atoms with van der Waals surface area (Å²) in [5, 5.41) is 11.8. The summed E-state index contributed by atoms with van der Waals surface area (Å²) in [6.07, 6.45) is 3.39. The number of methoxy groups -OCH3 is 1. The molecule has 1 fully saturated rings. The van der Waals surface area contributed by atoms with Crippen molar-refractivity contribution >= 4 is 5.96 Å². The van der Waals surface area contributed by atoms with E-state index in [1.807, 2.05) is 30.7 Å². The average Bonchev–Trinajstić information content (AvgIpc) is 3.30. The molecule has 0 bridgehead atoms.